The lowest BCUT2D eigenvalue weighted by Gasteiger charge is -2.45. The maximum Gasteiger partial charge on any atom is 0.217 e. The number of carbonyl (C=O) groups is 1. The Hall–Kier alpha value is -1.67. The number of aromatic nitrogens is 3. The molecule has 0 unspecified atom stereocenters. The van der Waals surface area contributed by atoms with Crippen molar-refractivity contribution >= 4 is 5.91 Å². The topological polar surface area (TPSA) is 162 Å². The van der Waals surface area contributed by atoms with Gasteiger partial charge in [-0.05, 0) is 6.42 Å². The standard InChI is InChI=1S/C15H27N5O7/c1-9(23)16-12-14(25)13(24)11(8-22)27-15(12)20(26-2)5-3-4-19-6-10(7-21)17-18-19/h6,11-15,21-22,24-25H,3-5,7-8H2,1-2H3,(H,16,23)/t11-,12-,13-,14-,15-/m1/s1. The van der Waals surface area contributed by atoms with Crippen LogP contribution in [-0.2, 0) is 27.5 Å². The lowest BCUT2D eigenvalue weighted by molar-refractivity contribution is -0.304. The SMILES string of the molecule is CON(CCCn1cc(CO)nn1)[C@@H]1O[C@H](CO)[C@@H](O)[C@H](O)[C@H]1NC(C)=O. The zero-order chi connectivity index (χ0) is 20.0. The number of rotatable bonds is 9. The molecule has 1 aliphatic heterocycles. The molecule has 154 valence electrons. The summed E-state index contributed by atoms with van der Waals surface area (Å²) in [6.07, 6.45) is -2.46. The number of nitrogens with one attached hydrogen (secondary N) is 1. The van der Waals surface area contributed by atoms with Crippen molar-refractivity contribution in [2.24, 2.45) is 0 Å². The summed E-state index contributed by atoms with van der Waals surface area (Å²) in [5.41, 5.74) is 0.461. The summed E-state index contributed by atoms with van der Waals surface area (Å²) in [7, 11) is 1.42. The normalized spacial score (nSPS) is 28.5. The average molecular weight is 389 g/mol. The Morgan fingerprint density at radius 2 is 2.15 bits per heavy atom. The molecule has 27 heavy (non-hydrogen) atoms. The second-order valence-corrected chi connectivity index (χ2v) is 6.26. The highest BCUT2D eigenvalue weighted by Crippen LogP contribution is 2.24. The third-order valence-corrected chi connectivity index (χ3v) is 4.30. The second kappa shape index (κ2) is 10.0. The van der Waals surface area contributed by atoms with Crippen LogP contribution in [0.3, 0.4) is 0 Å². The van der Waals surface area contributed by atoms with Crippen LogP contribution in [0, 0.1) is 0 Å². The molecule has 0 bridgehead atoms. The zero-order valence-corrected chi connectivity index (χ0v) is 15.3. The highest BCUT2D eigenvalue weighted by atomic mass is 16.7. The number of aryl methyl sites for hydroxylation is 1. The highest BCUT2D eigenvalue weighted by Gasteiger charge is 2.47. The molecule has 0 aromatic carbocycles. The van der Waals surface area contributed by atoms with Crippen molar-refractivity contribution in [3.63, 3.8) is 0 Å². The first kappa shape index (κ1) is 21.6. The molecule has 1 aromatic rings. The number of aliphatic hydroxyl groups excluding tert-OH is 4. The van der Waals surface area contributed by atoms with E-state index in [2.05, 4.69) is 15.6 Å². The fourth-order valence-electron chi connectivity index (χ4n) is 2.97. The van der Waals surface area contributed by atoms with Gasteiger partial charge in [0.2, 0.25) is 5.91 Å². The predicted octanol–water partition coefficient (Wildman–Crippen LogP) is -3.03. The minimum atomic E-state index is -1.35. The van der Waals surface area contributed by atoms with Crippen LogP contribution in [0.2, 0.25) is 0 Å². The summed E-state index contributed by atoms with van der Waals surface area (Å²) >= 11 is 0. The molecular weight excluding hydrogens is 362 g/mol. The molecule has 12 heteroatoms. The van der Waals surface area contributed by atoms with E-state index >= 15 is 0 Å². The summed E-state index contributed by atoms with van der Waals surface area (Å²) in [6.45, 7) is 1.42. The Balaban J connectivity index is 2.04. The summed E-state index contributed by atoms with van der Waals surface area (Å²) in [6, 6.07) is -0.951. The number of amides is 1. The van der Waals surface area contributed by atoms with Crippen LogP contribution in [0.25, 0.3) is 0 Å². The van der Waals surface area contributed by atoms with Crippen molar-refractivity contribution in [1.82, 2.24) is 25.4 Å². The van der Waals surface area contributed by atoms with Crippen LogP contribution < -0.4 is 5.32 Å². The molecule has 2 heterocycles. The van der Waals surface area contributed by atoms with E-state index in [0.717, 1.165) is 0 Å². The number of hydrogen-bond acceptors (Lipinski definition) is 10. The molecule has 1 aliphatic rings. The van der Waals surface area contributed by atoms with Crippen molar-refractivity contribution in [3.05, 3.63) is 11.9 Å². The Morgan fingerprint density at radius 1 is 1.41 bits per heavy atom. The average Bonchev–Trinajstić information content (AvgIpc) is 3.11. The van der Waals surface area contributed by atoms with E-state index in [9.17, 15) is 20.1 Å². The molecule has 1 aromatic heterocycles. The van der Waals surface area contributed by atoms with E-state index in [1.165, 1.54) is 19.1 Å². The molecule has 0 radical (unpaired) electrons. The van der Waals surface area contributed by atoms with E-state index in [1.54, 1.807) is 10.9 Å². The Bertz CT molecular complexity index is 601. The third-order valence-electron chi connectivity index (χ3n) is 4.30. The monoisotopic (exact) mass is 389 g/mol. The molecular formula is C15H27N5O7. The Morgan fingerprint density at radius 3 is 2.70 bits per heavy atom. The minimum absolute atomic E-state index is 0.193. The van der Waals surface area contributed by atoms with Crippen molar-refractivity contribution in [2.75, 3.05) is 20.3 Å². The van der Waals surface area contributed by atoms with Gasteiger partial charge < -0.3 is 30.5 Å². The largest absolute Gasteiger partial charge is 0.394 e. The van der Waals surface area contributed by atoms with Crippen molar-refractivity contribution in [1.29, 1.82) is 0 Å². The van der Waals surface area contributed by atoms with Crippen molar-refractivity contribution in [2.45, 2.75) is 57.1 Å². The molecule has 0 saturated carbocycles. The van der Waals surface area contributed by atoms with Gasteiger partial charge in [-0.3, -0.25) is 14.3 Å². The van der Waals surface area contributed by atoms with E-state index in [4.69, 9.17) is 14.7 Å². The molecule has 0 aliphatic carbocycles. The second-order valence-electron chi connectivity index (χ2n) is 6.26. The zero-order valence-electron chi connectivity index (χ0n) is 15.3. The third kappa shape index (κ3) is 5.42. The van der Waals surface area contributed by atoms with Crippen LogP contribution in [0.5, 0.6) is 0 Å². The van der Waals surface area contributed by atoms with Gasteiger partial charge in [0.05, 0.1) is 32.6 Å². The van der Waals surface area contributed by atoms with Gasteiger partial charge >= 0.3 is 0 Å². The molecule has 2 rings (SSSR count). The lowest BCUT2D eigenvalue weighted by Crippen LogP contribution is -2.67. The molecule has 1 saturated heterocycles. The van der Waals surface area contributed by atoms with Crippen LogP contribution in [0.4, 0.5) is 0 Å². The molecule has 1 fully saturated rings. The van der Waals surface area contributed by atoms with E-state index in [-0.39, 0.29) is 6.61 Å². The quantitative estimate of drug-likeness (QED) is 0.275. The molecule has 12 nitrogen and oxygen atoms in total. The summed E-state index contributed by atoms with van der Waals surface area (Å²) < 4.78 is 7.24. The summed E-state index contributed by atoms with van der Waals surface area (Å²) in [4.78, 5) is 16.8. The van der Waals surface area contributed by atoms with E-state index in [1.807, 2.05) is 0 Å². The van der Waals surface area contributed by atoms with Gasteiger partial charge in [-0.1, -0.05) is 5.21 Å². The summed E-state index contributed by atoms with van der Waals surface area (Å²) in [5, 5.41) is 50.4. The van der Waals surface area contributed by atoms with Gasteiger partial charge in [-0.15, -0.1) is 5.10 Å². The first-order valence-electron chi connectivity index (χ1n) is 8.61. The smallest absolute Gasteiger partial charge is 0.217 e. The van der Waals surface area contributed by atoms with Gasteiger partial charge in [-0.25, -0.2) is 0 Å². The minimum Gasteiger partial charge on any atom is -0.394 e. The highest BCUT2D eigenvalue weighted by molar-refractivity contribution is 5.73. The van der Waals surface area contributed by atoms with Gasteiger partial charge in [0, 0.05) is 20.0 Å². The molecule has 0 spiro atoms. The maximum absolute atomic E-state index is 11.5. The maximum atomic E-state index is 11.5. The fraction of sp³-hybridized carbons (Fsp3) is 0.800. The van der Waals surface area contributed by atoms with E-state index in [0.29, 0.717) is 25.2 Å². The van der Waals surface area contributed by atoms with Gasteiger partial charge in [0.15, 0.2) is 6.23 Å². The van der Waals surface area contributed by atoms with Gasteiger partial charge in [0.25, 0.3) is 0 Å². The first-order valence-corrected chi connectivity index (χ1v) is 8.61. The molecule has 5 atom stereocenters. The lowest BCUT2D eigenvalue weighted by atomic mass is 9.95. The van der Waals surface area contributed by atoms with E-state index < -0.39 is 43.1 Å². The number of hydrogen-bond donors (Lipinski definition) is 5. The number of hydroxylamine groups is 2. The Kier molecular flexibility index (Phi) is 8.04. The van der Waals surface area contributed by atoms with Crippen LogP contribution in [-0.4, -0.2) is 97.2 Å². The van der Waals surface area contributed by atoms with Crippen LogP contribution in [0.1, 0.15) is 19.0 Å². The Labute approximate surface area is 156 Å². The van der Waals surface area contributed by atoms with Crippen LogP contribution >= 0.6 is 0 Å². The predicted molar refractivity (Wildman–Crippen MR) is 89.6 cm³/mol. The number of aliphatic hydroxyl groups is 4. The molecule has 5 N–H and O–H groups in total. The fourth-order valence-corrected chi connectivity index (χ4v) is 2.97. The number of carbonyl (C=O) groups excluding carboxylic acids is 1. The van der Waals surface area contributed by atoms with Crippen LogP contribution in [0.15, 0.2) is 6.20 Å². The van der Waals surface area contributed by atoms with Gasteiger partial charge in [-0.2, -0.15) is 5.06 Å². The van der Waals surface area contributed by atoms with Crippen molar-refractivity contribution in [3.8, 4) is 0 Å². The summed E-state index contributed by atoms with van der Waals surface area (Å²) in [5.74, 6) is -0.405. The number of nitrogens with zero attached hydrogens (tertiary/aromatic N) is 4. The molecule has 1 amide bonds. The number of ether oxygens (including phenoxy) is 1. The van der Waals surface area contributed by atoms with Gasteiger partial charge in [0.1, 0.15) is 24.0 Å². The first-order chi connectivity index (χ1) is 12.9. The van der Waals surface area contributed by atoms with Crippen molar-refractivity contribution < 1.29 is 34.8 Å².